The van der Waals surface area contributed by atoms with E-state index in [2.05, 4.69) is 9.97 Å². The van der Waals surface area contributed by atoms with Gasteiger partial charge in [-0.25, -0.2) is 9.97 Å². The van der Waals surface area contributed by atoms with Crippen molar-refractivity contribution in [1.29, 1.82) is 0 Å². The average Bonchev–Trinajstić information content (AvgIpc) is 2.38. The molecule has 1 heterocycles. The lowest BCUT2D eigenvalue weighted by Gasteiger charge is -2.12. The molecule has 0 saturated heterocycles. The molecule has 1 N–H and O–H groups in total. The van der Waals surface area contributed by atoms with Crippen molar-refractivity contribution in [2.45, 2.75) is 19.6 Å². The Kier molecular flexibility index (Phi) is 3.67. The molecule has 2 aromatic rings. The Labute approximate surface area is 99.9 Å². The minimum Gasteiger partial charge on any atom is -0.485 e. The van der Waals surface area contributed by atoms with Gasteiger partial charge < -0.3 is 9.84 Å². The van der Waals surface area contributed by atoms with Crippen molar-refractivity contribution in [2.24, 2.45) is 0 Å². The third-order valence-electron chi connectivity index (χ3n) is 2.35. The smallest absolute Gasteiger partial charge is 0.166 e. The number of para-hydroxylation sites is 1. The Bertz CT molecular complexity index is 472. The van der Waals surface area contributed by atoms with Gasteiger partial charge in [0.2, 0.25) is 0 Å². The van der Waals surface area contributed by atoms with Crippen LogP contribution in [-0.4, -0.2) is 15.1 Å². The van der Waals surface area contributed by atoms with E-state index in [0.29, 0.717) is 18.2 Å². The first-order chi connectivity index (χ1) is 8.27. The molecule has 0 radical (unpaired) electrons. The fourth-order valence-electron chi connectivity index (χ4n) is 1.50. The lowest BCUT2D eigenvalue weighted by molar-refractivity contribution is 0.189. The van der Waals surface area contributed by atoms with Crippen LogP contribution in [0.5, 0.6) is 5.75 Å². The Balaban J connectivity index is 2.09. The van der Waals surface area contributed by atoms with E-state index >= 15 is 0 Å². The average molecular weight is 230 g/mol. The quantitative estimate of drug-likeness (QED) is 0.874. The first-order valence-electron chi connectivity index (χ1n) is 5.43. The van der Waals surface area contributed by atoms with Crippen molar-refractivity contribution in [2.75, 3.05) is 0 Å². The topological polar surface area (TPSA) is 55.2 Å². The third-order valence-corrected chi connectivity index (χ3v) is 2.35. The first kappa shape index (κ1) is 11.5. The fourth-order valence-corrected chi connectivity index (χ4v) is 1.50. The minimum absolute atomic E-state index is 0.296. The van der Waals surface area contributed by atoms with Crippen LogP contribution in [0.2, 0.25) is 0 Å². The highest BCUT2D eigenvalue weighted by atomic mass is 16.5. The second-order valence-electron chi connectivity index (χ2n) is 3.67. The molecule has 17 heavy (non-hydrogen) atoms. The second-order valence-corrected chi connectivity index (χ2v) is 3.67. The third kappa shape index (κ3) is 3.01. The van der Waals surface area contributed by atoms with Gasteiger partial charge in [0.05, 0.1) is 6.10 Å². The number of hydrogen-bond donors (Lipinski definition) is 1. The van der Waals surface area contributed by atoms with Gasteiger partial charge in [-0.1, -0.05) is 18.2 Å². The summed E-state index contributed by atoms with van der Waals surface area (Å²) in [5.41, 5.74) is 0.767. The van der Waals surface area contributed by atoms with Crippen molar-refractivity contribution in [3.05, 3.63) is 54.1 Å². The largest absolute Gasteiger partial charge is 0.485 e. The number of nitrogens with zero attached hydrogens (tertiary/aromatic N) is 2. The minimum atomic E-state index is -0.553. The highest BCUT2D eigenvalue weighted by Crippen LogP contribution is 2.24. The summed E-state index contributed by atoms with van der Waals surface area (Å²) in [5.74, 6) is 1.28. The van der Waals surface area contributed by atoms with Gasteiger partial charge in [0, 0.05) is 18.0 Å². The van der Waals surface area contributed by atoms with Crippen LogP contribution in [0.25, 0.3) is 0 Å². The molecule has 0 aliphatic rings. The highest BCUT2D eigenvalue weighted by molar-refractivity contribution is 5.34. The van der Waals surface area contributed by atoms with E-state index in [0.717, 1.165) is 5.56 Å². The summed E-state index contributed by atoms with van der Waals surface area (Å²) in [4.78, 5) is 8.14. The van der Waals surface area contributed by atoms with E-state index in [1.807, 2.05) is 24.3 Å². The summed E-state index contributed by atoms with van der Waals surface area (Å²) in [7, 11) is 0. The predicted octanol–water partition coefficient (Wildman–Crippen LogP) is 2.11. The van der Waals surface area contributed by atoms with Gasteiger partial charge in [-0.05, 0) is 19.1 Å². The van der Waals surface area contributed by atoms with Crippen LogP contribution in [0, 0.1) is 0 Å². The molecule has 2 rings (SSSR count). The summed E-state index contributed by atoms with van der Waals surface area (Å²) in [6.07, 6.45) is 2.79. The zero-order valence-electron chi connectivity index (χ0n) is 9.58. The van der Waals surface area contributed by atoms with Crippen LogP contribution in [0.1, 0.15) is 24.4 Å². The monoisotopic (exact) mass is 230 g/mol. The van der Waals surface area contributed by atoms with Gasteiger partial charge in [-0.2, -0.15) is 0 Å². The Morgan fingerprint density at radius 2 is 1.88 bits per heavy atom. The van der Waals surface area contributed by atoms with E-state index in [4.69, 9.17) is 4.74 Å². The fraction of sp³-hybridized carbons (Fsp3) is 0.231. The number of rotatable bonds is 4. The molecule has 4 heteroatoms. The van der Waals surface area contributed by atoms with E-state index in [1.165, 1.54) is 0 Å². The molecule has 1 aromatic heterocycles. The second kappa shape index (κ2) is 5.41. The summed E-state index contributed by atoms with van der Waals surface area (Å²) < 4.78 is 5.60. The van der Waals surface area contributed by atoms with Crippen molar-refractivity contribution >= 4 is 0 Å². The molecule has 0 amide bonds. The van der Waals surface area contributed by atoms with Gasteiger partial charge in [-0.15, -0.1) is 0 Å². The van der Waals surface area contributed by atoms with Crippen molar-refractivity contribution < 1.29 is 9.84 Å². The van der Waals surface area contributed by atoms with Crippen molar-refractivity contribution in [1.82, 2.24) is 9.97 Å². The molecule has 1 atom stereocenters. The molecule has 1 aromatic carbocycles. The van der Waals surface area contributed by atoms with Crippen LogP contribution >= 0.6 is 0 Å². The van der Waals surface area contributed by atoms with E-state index < -0.39 is 6.10 Å². The molecule has 0 saturated carbocycles. The van der Waals surface area contributed by atoms with Gasteiger partial charge in [0.25, 0.3) is 0 Å². The van der Waals surface area contributed by atoms with Gasteiger partial charge in [-0.3, -0.25) is 0 Å². The molecular formula is C13H14N2O2. The number of hydrogen-bond acceptors (Lipinski definition) is 4. The SMILES string of the molecule is C[C@H](O)c1ccccc1OCc1ncccn1. The van der Waals surface area contributed by atoms with Gasteiger partial charge in [0.15, 0.2) is 5.82 Å². The van der Waals surface area contributed by atoms with Crippen LogP contribution in [0.3, 0.4) is 0 Å². The van der Waals surface area contributed by atoms with E-state index in [1.54, 1.807) is 25.4 Å². The Hall–Kier alpha value is -1.94. The number of benzene rings is 1. The zero-order valence-corrected chi connectivity index (χ0v) is 9.58. The standard InChI is InChI=1S/C13H14N2O2/c1-10(16)11-5-2-3-6-12(11)17-9-13-14-7-4-8-15-13/h2-8,10,16H,9H2,1H3/t10-/m0/s1. The molecular weight excluding hydrogens is 216 g/mol. The van der Waals surface area contributed by atoms with Crippen LogP contribution < -0.4 is 4.74 Å². The maximum Gasteiger partial charge on any atom is 0.166 e. The normalized spacial score (nSPS) is 12.1. The molecule has 0 unspecified atom stereocenters. The van der Waals surface area contributed by atoms with Crippen molar-refractivity contribution in [3.63, 3.8) is 0 Å². The lowest BCUT2D eigenvalue weighted by atomic mass is 10.1. The molecule has 0 aliphatic carbocycles. The highest BCUT2D eigenvalue weighted by Gasteiger charge is 2.08. The molecule has 0 aliphatic heterocycles. The summed E-state index contributed by atoms with van der Waals surface area (Å²) in [6.45, 7) is 2.01. The summed E-state index contributed by atoms with van der Waals surface area (Å²) in [5, 5.41) is 9.59. The molecule has 0 fully saturated rings. The van der Waals surface area contributed by atoms with Crippen LogP contribution in [0.4, 0.5) is 0 Å². The molecule has 88 valence electrons. The van der Waals surface area contributed by atoms with Crippen LogP contribution in [0.15, 0.2) is 42.7 Å². The Morgan fingerprint density at radius 3 is 2.59 bits per heavy atom. The molecule has 4 nitrogen and oxygen atoms in total. The first-order valence-corrected chi connectivity index (χ1v) is 5.43. The number of aliphatic hydroxyl groups excluding tert-OH is 1. The van der Waals surface area contributed by atoms with Crippen molar-refractivity contribution in [3.8, 4) is 5.75 Å². The van der Waals surface area contributed by atoms with E-state index in [9.17, 15) is 5.11 Å². The Morgan fingerprint density at radius 1 is 1.18 bits per heavy atom. The lowest BCUT2D eigenvalue weighted by Crippen LogP contribution is -2.03. The predicted molar refractivity (Wildman–Crippen MR) is 63.4 cm³/mol. The van der Waals surface area contributed by atoms with Crippen LogP contribution in [-0.2, 0) is 6.61 Å². The van der Waals surface area contributed by atoms with Gasteiger partial charge >= 0.3 is 0 Å². The zero-order chi connectivity index (χ0) is 12.1. The van der Waals surface area contributed by atoms with Gasteiger partial charge in [0.1, 0.15) is 12.4 Å². The summed E-state index contributed by atoms with van der Waals surface area (Å²) in [6, 6.07) is 9.16. The maximum atomic E-state index is 9.59. The molecule has 0 spiro atoms. The number of ether oxygens (including phenoxy) is 1. The summed E-state index contributed by atoms with van der Waals surface area (Å²) >= 11 is 0. The van der Waals surface area contributed by atoms with E-state index in [-0.39, 0.29) is 0 Å². The maximum absolute atomic E-state index is 9.59. The number of aliphatic hydroxyl groups is 1. The molecule has 0 bridgehead atoms. The number of aromatic nitrogens is 2.